The summed E-state index contributed by atoms with van der Waals surface area (Å²) in [6.07, 6.45) is 0. The van der Waals surface area contributed by atoms with Gasteiger partial charge >= 0.3 is 0 Å². The Labute approximate surface area is 99.8 Å². The molecule has 0 bridgehead atoms. The first-order valence-electron chi connectivity index (χ1n) is 4.56. The maximum absolute atomic E-state index is 9.81. The highest BCUT2D eigenvalue weighted by Crippen LogP contribution is 2.31. The number of benzene rings is 1. The second-order valence-corrected chi connectivity index (χ2v) is 4.72. The molecule has 2 nitrogen and oxygen atoms in total. The minimum Gasteiger partial charge on any atom is -0.386 e. The van der Waals surface area contributed by atoms with E-state index in [0.29, 0.717) is 22.2 Å². The van der Waals surface area contributed by atoms with E-state index < -0.39 is 5.60 Å². The van der Waals surface area contributed by atoms with E-state index in [9.17, 15) is 5.11 Å². The van der Waals surface area contributed by atoms with Crippen molar-refractivity contribution in [2.45, 2.75) is 26.1 Å². The third-order valence-corrected chi connectivity index (χ3v) is 2.81. The summed E-state index contributed by atoms with van der Waals surface area (Å²) >= 11 is 12.1. The normalized spacial score (nSPS) is 11.9. The molecule has 0 unspecified atom stereocenters. The summed E-state index contributed by atoms with van der Waals surface area (Å²) in [5, 5.41) is 10.8. The molecule has 84 valence electrons. The fourth-order valence-electron chi connectivity index (χ4n) is 1.24. The van der Waals surface area contributed by atoms with Crippen LogP contribution in [0.2, 0.25) is 10.0 Å². The number of rotatable bonds is 3. The van der Waals surface area contributed by atoms with Crippen molar-refractivity contribution < 1.29 is 9.84 Å². The molecule has 0 saturated carbocycles. The van der Waals surface area contributed by atoms with Gasteiger partial charge in [-0.25, -0.2) is 0 Å². The summed E-state index contributed by atoms with van der Waals surface area (Å²) in [6, 6.07) is 3.42. The molecule has 1 rings (SSSR count). The Morgan fingerprint density at radius 1 is 1.27 bits per heavy atom. The molecule has 0 atom stereocenters. The number of hydrogen-bond acceptors (Lipinski definition) is 2. The van der Waals surface area contributed by atoms with Gasteiger partial charge in [-0.05, 0) is 31.5 Å². The Bertz CT molecular complexity index is 333. The molecule has 0 radical (unpaired) electrons. The Morgan fingerprint density at radius 3 is 2.07 bits per heavy atom. The summed E-state index contributed by atoms with van der Waals surface area (Å²) in [7, 11) is 1.58. The molecule has 0 saturated heterocycles. The summed E-state index contributed by atoms with van der Waals surface area (Å²) in [5.74, 6) is 0. The highest BCUT2D eigenvalue weighted by atomic mass is 35.5. The topological polar surface area (TPSA) is 29.5 Å². The van der Waals surface area contributed by atoms with Crippen LogP contribution in [0.1, 0.15) is 25.0 Å². The second-order valence-electron chi connectivity index (χ2n) is 3.91. The van der Waals surface area contributed by atoms with Gasteiger partial charge in [0.15, 0.2) is 0 Å². The van der Waals surface area contributed by atoms with E-state index in [2.05, 4.69) is 0 Å². The first-order chi connectivity index (χ1) is 6.86. The lowest BCUT2D eigenvalue weighted by Gasteiger charge is -2.19. The van der Waals surface area contributed by atoms with Gasteiger partial charge in [-0.3, -0.25) is 0 Å². The number of ether oxygens (including phenoxy) is 1. The van der Waals surface area contributed by atoms with Gasteiger partial charge in [0.05, 0.1) is 12.2 Å². The molecule has 0 spiro atoms. The summed E-state index contributed by atoms with van der Waals surface area (Å²) in [5.41, 5.74) is 0.491. The lowest BCUT2D eigenvalue weighted by molar-refractivity contribution is 0.0785. The number of hydrogen-bond donors (Lipinski definition) is 1. The van der Waals surface area contributed by atoms with Crippen molar-refractivity contribution in [3.8, 4) is 0 Å². The van der Waals surface area contributed by atoms with E-state index in [1.54, 1.807) is 33.1 Å². The third-order valence-electron chi connectivity index (χ3n) is 2.14. The molecule has 0 heterocycles. The molecule has 0 aromatic heterocycles. The van der Waals surface area contributed by atoms with Crippen molar-refractivity contribution in [1.82, 2.24) is 0 Å². The average molecular weight is 249 g/mol. The molecule has 1 aromatic rings. The van der Waals surface area contributed by atoms with E-state index in [1.807, 2.05) is 0 Å². The zero-order valence-corrected chi connectivity index (χ0v) is 10.5. The van der Waals surface area contributed by atoms with Crippen molar-refractivity contribution >= 4 is 23.2 Å². The predicted molar refractivity (Wildman–Crippen MR) is 62.4 cm³/mol. The summed E-state index contributed by atoms with van der Waals surface area (Å²) < 4.78 is 4.98. The fraction of sp³-hybridized carbons (Fsp3) is 0.455. The van der Waals surface area contributed by atoms with Crippen LogP contribution in [-0.4, -0.2) is 12.2 Å². The van der Waals surface area contributed by atoms with E-state index in [1.165, 1.54) is 0 Å². The third kappa shape index (κ3) is 3.08. The number of aliphatic hydroxyl groups is 1. The van der Waals surface area contributed by atoms with Gasteiger partial charge in [0.1, 0.15) is 0 Å². The van der Waals surface area contributed by atoms with Crippen LogP contribution in [0.3, 0.4) is 0 Å². The van der Waals surface area contributed by atoms with Crippen molar-refractivity contribution in [1.29, 1.82) is 0 Å². The van der Waals surface area contributed by atoms with Gasteiger partial charge in [0.25, 0.3) is 0 Å². The molecule has 0 aliphatic rings. The predicted octanol–water partition coefficient (Wildman–Crippen LogP) is 3.37. The van der Waals surface area contributed by atoms with Crippen LogP contribution >= 0.6 is 23.2 Å². The summed E-state index contributed by atoms with van der Waals surface area (Å²) in [6.45, 7) is 3.74. The molecule has 0 amide bonds. The Hall–Kier alpha value is -0.280. The molecule has 0 aliphatic carbocycles. The largest absolute Gasteiger partial charge is 0.386 e. The molecule has 0 aliphatic heterocycles. The Kier molecular flexibility index (Phi) is 4.01. The zero-order chi connectivity index (χ0) is 11.6. The standard InChI is InChI=1S/C11H14Cl2O2/c1-11(2,14)7-4-9(12)8(6-15-3)10(13)5-7/h4-5,14H,6H2,1-3H3. The van der Waals surface area contributed by atoms with Crippen LogP contribution in [0.25, 0.3) is 0 Å². The van der Waals surface area contributed by atoms with Crippen LogP contribution in [0, 0.1) is 0 Å². The fourth-order valence-corrected chi connectivity index (χ4v) is 1.83. The van der Waals surface area contributed by atoms with Crippen LogP contribution in [0.15, 0.2) is 12.1 Å². The smallest absolute Gasteiger partial charge is 0.0841 e. The zero-order valence-electron chi connectivity index (χ0n) is 8.97. The van der Waals surface area contributed by atoms with Gasteiger partial charge in [0.2, 0.25) is 0 Å². The van der Waals surface area contributed by atoms with Crippen molar-refractivity contribution in [2.24, 2.45) is 0 Å². The molecular weight excluding hydrogens is 235 g/mol. The Balaban J connectivity index is 3.19. The van der Waals surface area contributed by atoms with Crippen LogP contribution in [0.5, 0.6) is 0 Å². The maximum atomic E-state index is 9.81. The number of halogens is 2. The van der Waals surface area contributed by atoms with Crippen molar-refractivity contribution in [3.05, 3.63) is 33.3 Å². The van der Waals surface area contributed by atoms with Crippen LogP contribution in [0.4, 0.5) is 0 Å². The average Bonchev–Trinajstić information content (AvgIpc) is 2.09. The minimum atomic E-state index is -0.946. The lowest BCUT2D eigenvalue weighted by Crippen LogP contribution is -2.15. The summed E-state index contributed by atoms with van der Waals surface area (Å²) in [4.78, 5) is 0. The molecule has 0 fully saturated rings. The lowest BCUT2D eigenvalue weighted by atomic mass is 9.97. The first-order valence-corrected chi connectivity index (χ1v) is 5.31. The maximum Gasteiger partial charge on any atom is 0.0841 e. The Morgan fingerprint density at radius 2 is 1.73 bits per heavy atom. The molecule has 1 N–H and O–H groups in total. The van der Waals surface area contributed by atoms with E-state index in [0.717, 1.165) is 5.56 Å². The molecule has 15 heavy (non-hydrogen) atoms. The van der Waals surface area contributed by atoms with Gasteiger partial charge in [-0.2, -0.15) is 0 Å². The highest BCUT2D eigenvalue weighted by Gasteiger charge is 2.19. The van der Waals surface area contributed by atoms with Gasteiger partial charge < -0.3 is 9.84 Å². The monoisotopic (exact) mass is 248 g/mol. The molecule has 1 aromatic carbocycles. The van der Waals surface area contributed by atoms with Gasteiger partial charge in [0, 0.05) is 22.7 Å². The second kappa shape index (κ2) is 4.71. The van der Waals surface area contributed by atoms with Crippen LogP contribution < -0.4 is 0 Å². The SMILES string of the molecule is COCc1c(Cl)cc(C(C)(C)O)cc1Cl. The van der Waals surface area contributed by atoms with E-state index in [-0.39, 0.29) is 0 Å². The molecule has 4 heteroatoms. The van der Waals surface area contributed by atoms with Crippen molar-refractivity contribution in [3.63, 3.8) is 0 Å². The van der Waals surface area contributed by atoms with Crippen molar-refractivity contribution in [2.75, 3.05) is 7.11 Å². The number of methoxy groups -OCH3 is 1. The van der Waals surface area contributed by atoms with Gasteiger partial charge in [-0.1, -0.05) is 23.2 Å². The highest BCUT2D eigenvalue weighted by molar-refractivity contribution is 6.36. The quantitative estimate of drug-likeness (QED) is 0.889. The van der Waals surface area contributed by atoms with Crippen LogP contribution in [-0.2, 0) is 16.9 Å². The minimum absolute atomic E-state index is 0.365. The van der Waals surface area contributed by atoms with E-state index >= 15 is 0 Å². The molecular formula is C11H14Cl2O2. The van der Waals surface area contributed by atoms with E-state index in [4.69, 9.17) is 27.9 Å². The first kappa shape index (κ1) is 12.8. The van der Waals surface area contributed by atoms with Gasteiger partial charge in [-0.15, -0.1) is 0 Å².